The molecule has 0 fully saturated rings. The standard InChI is InChI=1S/C19H28O3S/c1-3-4-5-6-7-8-9-10-11-12-17-22-23(20,21)19-15-13-18(2)14-16-19/h7-8,10-11,13-16H,3-6,9,12,17H2,1-2H3/b8-7-,11-10-. The summed E-state index contributed by atoms with van der Waals surface area (Å²) in [6, 6.07) is 6.68. The number of rotatable bonds is 11. The molecule has 0 spiro atoms. The van der Waals surface area contributed by atoms with Gasteiger partial charge in [0.25, 0.3) is 10.1 Å². The summed E-state index contributed by atoms with van der Waals surface area (Å²) < 4.78 is 28.9. The molecule has 0 aliphatic carbocycles. The van der Waals surface area contributed by atoms with E-state index in [1.54, 1.807) is 24.3 Å². The smallest absolute Gasteiger partial charge is 0.266 e. The van der Waals surface area contributed by atoms with Crippen LogP contribution in [0.25, 0.3) is 0 Å². The molecule has 0 aromatic heterocycles. The molecular formula is C19H28O3S. The molecule has 23 heavy (non-hydrogen) atoms. The molecule has 4 heteroatoms. The normalized spacial score (nSPS) is 12.4. The van der Waals surface area contributed by atoms with Gasteiger partial charge in [-0.1, -0.05) is 61.8 Å². The van der Waals surface area contributed by atoms with Crippen molar-refractivity contribution in [2.45, 2.75) is 57.3 Å². The summed E-state index contributed by atoms with van der Waals surface area (Å²) in [5, 5.41) is 0. The molecule has 128 valence electrons. The Morgan fingerprint density at radius 3 is 2.26 bits per heavy atom. The zero-order valence-corrected chi connectivity index (χ0v) is 15.0. The van der Waals surface area contributed by atoms with E-state index in [1.165, 1.54) is 19.3 Å². The minimum Gasteiger partial charge on any atom is -0.266 e. The number of unbranched alkanes of at least 4 members (excludes halogenated alkanes) is 3. The summed E-state index contributed by atoms with van der Waals surface area (Å²) in [5.74, 6) is 0. The van der Waals surface area contributed by atoms with Crippen LogP contribution in [0.3, 0.4) is 0 Å². The second-order valence-corrected chi connectivity index (χ2v) is 7.17. The van der Waals surface area contributed by atoms with Crippen molar-refractivity contribution in [1.82, 2.24) is 0 Å². The summed E-state index contributed by atoms with van der Waals surface area (Å²) >= 11 is 0. The summed E-state index contributed by atoms with van der Waals surface area (Å²) in [6.07, 6.45) is 14.8. The lowest BCUT2D eigenvalue weighted by molar-refractivity contribution is 0.324. The fourth-order valence-electron chi connectivity index (χ4n) is 2.02. The van der Waals surface area contributed by atoms with Gasteiger partial charge in [-0.2, -0.15) is 8.42 Å². The van der Waals surface area contributed by atoms with E-state index >= 15 is 0 Å². The monoisotopic (exact) mass is 336 g/mol. The van der Waals surface area contributed by atoms with Crippen molar-refractivity contribution in [2.75, 3.05) is 6.61 Å². The summed E-state index contributed by atoms with van der Waals surface area (Å²) in [5.41, 5.74) is 1.02. The van der Waals surface area contributed by atoms with Crippen molar-refractivity contribution in [1.29, 1.82) is 0 Å². The topological polar surface area (TPSA) is 43.4 Å². The first-order valence-electron chi connectivity index (χ1n) is 8.32. The van der Waals surface area contributed by atoms with E-state index in [0.717, 1.165) is 18.4 Å². The van der Waals surface area contributed by atoms with E-state index in [9.17, 15) is 8.42 Å². The molecule has 0 atom stereocenters. The van der Waals surface area contributed by atoms with Crippen molar-refractivity contribution in [3.8, 4) is 0 Å². The van der Waals surface area contributed by atoms with Gasteiger partial charge in [0.1, 0.15) is 0 Å². The van der Waals surface area contributed by atoms with Gasteiger partial charge in [0.05, 0.1) is 11.5 Å². The van der Waals surface area contributed by atoms with E-state index in [2.05, 4.69) is 19.1 Å². The number of allylic oxidation sites excluding steroid dienone is 3. The van der Waals surface area contributed by atoms with Crippen molar-refractivity contribution in [3.63, 3.8) is 0 Å². The fourth-order valence-corrected chi connectivity index (χ4v) is 2.94. The Bertz CT molecular complexity index is 584. The van der Waals surface area contributed by atoms with Crippen LogP contribution in [0, 0.1) is 6.92 Å². The summed E-state index contributed by atoms with van der Waals surface area (Å²) in [6.45, 7) is 4.29. The van der Waals surface area contributed by atoms with Crippen LogP contribution in [0.1, 0.15) is 51.0 Å². The van der Waals surface area contributed by atoms with Gasteiger partial charge >= 0.3 is 0 Å². The van der Waals surface area contributed by atoms with Crippen LogP contribution in [-0.4, -0.2) is 15.0 Å². The third kappa shape index (κ3) is 8.72. The van der Waals surface area contributed by atoms with Crippen LogP contribution in [0.4, 0.5) is 0 Å². The van der Waals surface area contributed by atoms with Gasteiger partial charge in [-0.15, -0.1) is 0 Å². The minimum absolute atomic E-state index is 0.174. The van der Waals surface area contributed by atoms with Gasteiger partial charge in [0.15, 0.2) is 0 Å². The van der Waals surface area contributed by atoms with Crippen LogP contribution < -0.4 is 0 Å². The van der Waals surface area contributed by atoms with Gasteiger partial charge in [-0.3, -0.25) is 4.18 Å². The Morgan fingerprint density at radius 1 is 0.957 bits per heavy atom. The molecule has 0 saturated carbocycles. The zero-order chi connectivity index (χ0) is 17.0. The maximum absolute atomic E-state index is 11.9. The van der Waals surface area contributed by atoms with Crippen molar-refractivity contribution < 1.29 is 12.6 Å². The highest BCUT2D eigenvalue weighted by Gasteiger charge is 2.13. The minimum atomic E-state index is -3.64. The van der Waals surface area contributed by atoms with E-state index < -0.39 is 10.1 Å². The number of hydrogen-bond donors (Lipinski definition) is 0. The van der Waals surface area contributed by atoms with E-state index in [-0.39, 0.29) is 11.5 Å². The molecule has 0 saturated heterocycles. The number of hydrogen-bond acceptors (Lipinski definition) is 3. The fraction of sp³-hybridized carbons (Fsp3) is 0.474. The van der Waals surface area contributed by atoms with Crippen LogP contribution in [0.2, 0.25) is 0 Å². The lowest BCUT2D eigenvalue weighted by Crippen LogP contribution is -2.07. The second kappa shape index (κ2) is 11.2. The van der Waals surface area contributed by atoms with Gasteiger partial charge in [0, 0.05) is 0 Å². The highest BCUT2D eigenvalue weighted by molar-refractivity contribution is 7.86. The van der Waals surface area contributed by atoms with E-state index in [0.29, 0.717) is 6.42 Å². The number of benzene rings is 1. The number of aryl methyl sites for hydroxylation is 1. The molecular weight excluding hydrogens is 308 g/mol. The van der Waals surface area contributed by atoms with Gasteiger partial charge in [-0.25, -0.2) is 0 Å². The molecule has 1 aromatic rings. The van der Waals surface area contributed by atoms with Gasteiger partial charge in [0.2, 0.25) is 0 Å². The molecule has 0 aliphatic rings. The first-order chi connectivity index (χ1) is 11.1. The highest BCUT2D eigenvalue weighted by Crippen LogP contribution is 2.13. The Morgan fingerprint density at radius 2 is 1.61 bits per heavy atom. The molecule has 3 nitrogen and oxygen atoms in total. The largest absolute Gasteiger partial charge is 0.296 e. The lowest BCUT2D eigenvalue weighted by atomic mass is 10.2. The van der Waals surface area contributed by atoms with Crippen molar-refractivity contribution in [2.24, 2.45) is 0 Å². The third-order valence-electron chi connectivity index (χ3n) is 3.41. The Labute approximate surface area is 141 Å². The molecule has 1 aromatic carbocycles. The third-order valence-corrected chi connectivity index (χ3v) is 4.74. The van der Waals surface area contributed by atoms with Gasteiger partial charge < -0.3 is 0 Å². The van der Waals surface area contributed by atoms with E-state index in [4.69, 9.17) is 4.18 Å². The zero-order valence-electron chi connectivity index (χ0n) is 14.2. The molecule has 0 radical (unpaired) electrons. The maximum Gasteiger partial charge on any atom is 0.296 e. The Hall–Kier alpha value is -1.39. The summed E-state index contributed by atoms with van der Waals surface area (Å²) in [7, 11) is -3.64. The lowest BCUT2D eigenvalue weighted by Gasteiger charge is -2.04. The quantitative estimate of drug-likeness (QED) is 0.318. The molecule has 0 bridgehead atoms. The Balaban J connectivity index is 2.21. The van der Waals surface area contributed by atoms with Crippen LogP contribution in [0.5, 0.6) is 0 Å². The highest BCUT2D eigenvalue weighted by atomic mass is 32.2. The first kappa shape index (κ1) is 19.7. The van der Waals surface area contributed by atoms with Crippen LogP contribution in [0.15, 0.2) is 53.5 Å². The molecule has 0 amide bonds. The van der Waals surface area contributed by atoms with Crippen LogP contribution >= 0.6 is 0 Å². The molecule has 0 heterocycles. The average molecular weight is 336 g/mol. The van der Waals surface area contributed by atoms with Crippen molar-refractivity contribution in [3.05, 3.63) is 54.1 Å². The summed E-state index contributed by atoms with van der Waals surface area (Å²) in [4.78, 5) is 0.210. The molecule has 1 rings (SSSR count). The predicted octanol–water partition coefficient (Wildman–Crippen LogP) is 5.17. The molecule has 0 unspecified atom stereocenters. The molecule has 0 aliphatic heterocycles. The van der Waals surface area contributed by atoms with E-state index in [1.807, 2.05) is 19.1 Å². The Kier molecular flexibility index (Phi) is 9.57. The van der Waals surface area contributed by atoms with Gasteiger partial charge in [-0.05, 0) is 44.7 Å². The van der Waals surface area contributed by atoms with Crippen LogP contribution in [-0.2, 0) is 14.3 Å². The predicted molar refractivity (Wildman–Crippen MR) is 96.0 cm³/mol. The first-order valence-corrected chi connectivity index (χ1v) is 9.73. The average Bonchev–Trinajstić information content (AvgIpc) is 2.53. The molecule has 0 N–H and O–H groups in total. The second-order valence-electron chi connectivity index (χ2n) is 5.55. The SMILES string of the molecule is CCCCC/C=C\C/C=C\CCOS(=O)(=O)c1ccc(C)cc1. The maximum atomic E-state index is 11.9. The van der Waals surface area contributed by atoms with Crippen molar-refractivity contribution >= 4 is 10.1 Å².